The Hall–Kier alpha value is -1.98. The Morgan fingerprint density at radius 1 is 1.22 bits per heavy atom. The number of anilines is 1. The highest BCUT2D eigenvalue weighted by Crippen LogP contribution is 2.37. The minimum absolute atomic E-state index is 0.0160. The van der Waals surface area contributed by atoms with E-state index in [4.69, 9.17) is 23.2 Å². The highest BCUT2D eigenvalue weighted by atomic mass is 35.5. The van der Waals surface area contributed by atoms with E-state index in [1.54, 1.807) is 0 Å². The summed E-state index contributed by atoms with van der Waals surface area (Å²) in [5, 5.41) is 9.44. The Morgan fingerprint density at radius 3 is 2.39 bits per heavy atom. The maximum absolute atomic E-state index is 12.9. The first kappa shape index (κ1) is 28.6. The number of rotatable bonds is 8. The number of alkyl halides is 3. The van der Waals surface area contributed by atoms with Gasteiger partial charge in [0, 0.05) is 30.6 Å². The molecule has 0 saturated heterocycles. The molecule has 1 aromatic carbocycles. The van der Waals surface area contributed by atoms with Crippen molar-refractivity contribution in [2.24, 2.45) is 5.92 Å². The number of carbonyl (C=O) groups excluding carboxylic acids is 1. The van der Waals surface area contributed by atoms with Crippen molar-refractivity contribution in [2.75, 3.05) is 18.1 Å². The zero-order valence-electron chi connectivity index (χ0n) is 20.1. The number of nitrogens with one attached hydrogen (secondary N) is 2. The molecule has 2 aromatic rings. The van der Waals surface area contributed by atoms with Gasteiger partial charge in [-0.05, 0) is 63.6 Å². The Bertz CT molecular complexity index is 1210. The van der Waals surface area contributed by atoms with Crippen LogP contribution in [-0.4, -0.2) is 54.4 Å². The van der Waals surface area contributed by atoms with Crippen molar-refractivity contribution in [3.8, 4) is 11.3 Å². The number of hydrogen-bond donors (Lipinski definition) is 2. The SMILES string of the molecule is CCn1nc(C(=O)NC[C@H]2CC[C@H](S(C)(=O)=O)CC2)c(Cl)c1-c1ccc(N[C@H](C)C(F)(F)F)cc1Cl. The van der Waals surface area contributed by atoms with E-state index < -0.39 is 28.0 Å². The molecule has 1 heterocycles. The van der Waals surface area contributed by atoms with E-state index in [0.717, 1.165) is 6.92 Å². The summed E-state index contributed by atoms with van der Waals surface area (Å²) in [5.41, 5.74) is 1.02. The minimum atomic E-state index is -4.41. The van der Waals surface area contributed by atoms with Crippen LogP contribution in [0.15, 0.2) is 18.2 Å². The van der Waals surface area contributed by atoms with Gasteiger partial charge in [-0.15, -0.1) is 0 Å². The van der Waals surface area contributed by atoms with Crippen molar-refractivity contribution >= 4 is 44.6 Å². The first-order valence-corrected chi connectivity index (χ1v) is 14.3. The van der Waals surface area contributed by atoms with Crippen molar-refractivity contribution in [1.29, 1.82) is 0 Å². The van der Waals surface area contributed by atoms with E-state index in [9.17, 15) is 26.4 Å². The normalized spacial score (nSPS) is 19.7. The first-order chi connectivity index (χ1) is 16.7. The second kappa shape index (κ2) is 11.2. The second-order valence-corrected chi connectivity index (χ2v) is 12.2. The van der Waals surface area contributed by atoms with Crippen LogP contribution in [0, 0.1) is 5.92 Å². The predicted molar refractivity (Wildman–Crippen MR) is 135 cm³/mol. The minimum Gasteiger partial charge on any atom is -0.374 e. The molecule has 1 aromatic heterocycles. The summed E-state index contributed by atoms with van der Waals surface area (Å²) in [6, 6.07) is 2.60. The van der Waals surface area contributed by atoms with Crippen molar-refractivity contribution in [1.82, 2.24) is 15.1 Å². The molecule has 0 radical (unpaired) electrons. The van der Waals surface area contributed by atoms with Crippen LogP contribution in [0.25, 0.3) is 11.3 Å². The fraction of sp³-hybridized carbons (Fsp3) is 0.565. The van der Waals surface area contributed by atoms with Gasteiger partial charge in [0.25, 0.3) is 5.91 Å². The van der Waals surface area contributed by atoms with Gasteiger partial charge in [0.1, 0.15) is 15.9 Å². The van der Waals surface area contributed by atoms with Gasteiger partial charge in [0.05, 0.1) is 21.0 Å². The van der Waals surface area contributed by atoms with Crippen molar-refractivity contribution in [3.05, 3.63) is 33.9 Å². The van der Waals surface area contributed by atoms with Crippen LogP contribution in [0.5, 0.6) is 0 Å². The second-order valence-electron chi connectivity index (χ2n) is 9.11. The number of halogens is 5. The van der Waals surface area contributed by atoms with E-state index in [0.29, 0.717) is 50.0 Å². The van der Waals surface area contributed by atoms with E-state index in [-0.39, 0.29) is 32.6 Å². The highest BCUT2D eigenvalue weighted by molar-refractivity contribution is 7.91. The van der Waals surface area contributed by atoms with Gasteiger partial charge < -0.3 is 10.6 Å². The van der Waals surface area contributed by atoms with Crippen molar-refractivity contribution in [3.63, 3.8) is 0 Å². The van der Waals surface area contributed by atoms with Gasteiger partial charge in [-0.1, -0.05) is 23.2 Å². The molecule has 1 saturated carbocycles. The molecule has 7 nitrogen and oxygen atoms in total. The van der Waals surface area contributed by atoms with Gasteiger partial charge in [-0.3, -0.25) is 9.48 Å². The summed E-state index contributed by atoms with van der Waals surface area (Å²) >= 11 is 12.9. The van der Waals surface area contributed by atoms with Crippen LogP contribution in [0.3, 0.4) is 0 Å². The van der Waals surface area contributed by atoms with E-state index in [1.807, 2.05) is 6.92 Å². The lowest BCUT2D eigenvalue weighted by Gasteiger charge is -2.27. The number of hydrogen-bond acceptors (Lipinski definition) is 5. The third-order valence-corrected chi connectivity index (χ3v) is 8.81. The highest BCUT2D eigenvalue weighted by Gasteiger charge is 2.36. The van der Waals surface area contributed by atoms with Gasteiger partial charge >= 0.3 is 6.18 Å². The zero-order chi connectivity index (χ0) is 26.8. The van der Waals surface area contributed by atoms with Crippen LogP contribution in [0.4, 0.5) is 18.9 Å². The monoisotopic (exact) mass is 568 g/mol. The maximum atomic E-state index is 12.9. The number of nitrogens with zero attached hydrogens (tertiary/aromatic N) is 2. The number of benzene rings is 1. The molecule has 0 bridgehead atoms. The van der Waals surface area contributed by atoms with Crippen LogP contribution in [0.1, 0.15) is 50.0 Å². The van der Waals surface area contributed by atoms with Gasteiger partial charge in [-0.2, -0.15) is 18.3 Å². The number of amides is 1. The lowest BCUT2D eigenvalue weighted by atomic mass is 9.89. The third-order valence-electron chi connectivity index (χ3n) is 6.46. The van der Waals surface area contributed by atoms with Crippen molar-refractivity contribution in [2.45, 2.75) is 63.5 Å². The van der Waals surface area contributed by atoms with Crippen LogP contribution in [-0.2, 0) is 16.4 Å². The lowest BCUT2D eigenvalue weighted by molar-refractivity contribution is -0.138. The molecule has 3 rings (SSSR count). The predicted octanol–water partition coefficient (Wildman–Crippen LogP) is 5.57. The summed E-state index contributed by atoms with van der Waals surface area (Å²) in [6.45, 7) is 3.56. The molecule has 200 valence electrons. The maximum Gasteiger partial charge on any atom is 0.408 e. The fourth-order valence-electron chi connectivity index (χ4n) is 4.28. The number of aryl methyl sites for hydroxylation is 1. The molecule has 1 fully saturated rings. The molecular weight excluding hydrogens is 540 g/mol. The summed E-state index contributed by atoms with van der Waals surface area (Å²) < 4.78 is 63.6. The molecule has 1 amide bonds. The summed E-state index contributed by atoms with van der Waals surface area (Å²) in [7, 11) is -3.06. The molecule has 0 aliphatic heterocycles. The van der Waals surface area contributed by atoms with Crippen LogP contribution < -0.4 is 10.6 Å². The topological polar surface area (TPSA) is 93.1 Å². The lowest BCUT2D eigenvalue weighted by Crippen LogP contribution is -2.34. The largest absolute Gasteiger partial charge is 0.408 e. The third kappa shape index (κ3) is 6.66. The first-order valence-electron chi connectivity index (χ1n) is 11.6. The quantitative estimate of drug-likeness (QED) is 0.434. The molecule has 1 aliphatic rings. The van der Waals surface area contributed by atoms with Crippen molar-refractivity contribution < 1.29 is 26.4 Å². The Morgan fingerprint density at radius 2 is 1.86 bits per heavy atom. The molecule has 0 unspecified atom stereocenters. The van der Waals surface area contributed by atoms with E-state index in [1.165, 1.54) is 29.1 Å². The molecule has 1 atom stereocenters. The molecule has 13 heteroatoms. The molecule has 36 heavy (non-hydrogen) atoms. The summed E-state index contributed by atoms with van der Waals surface area (Å²) in [6.07, 6.45) is -0.625. The Balaban J connectivity index is 1.74. The molecule has 2 N–H and O–H groups in total. The standard InChI is InChI=1S/C23H29Cl2F3N4O3S/c1-4-32-21(17-10-7-15(11-18(17)24)30-13(2)23(26,27)28)19(25)20(31-32)22(33)29-12-14-5-8-16(9-6-14)36(3,34)35/h7,10-11,13-14,16,30H,4-6,8-9,12H2,1-3H3,(H,29,33)/t13-,14-,16-/m1/s1. The smallest absolute Gasteiger partial charge is 0.374 e. The fourth-order valence-corrected chi connectivity index (χ4v) is 6.01. The Kier molecular flexibility index (Phi) is 8.88. The molecule has 0 spiro atoms. The zero-order valence-corrected chi connectivity index (χ0v) is 22.5. The average molecular weight is 569 g/mol. The van der Waals surface area contributed by atoms with Gasteiger partial charge in [0.15, 0.2) is 5.69 Å². The van der Waals surface area contributed by atoms with Gasteiger partial charge in [0.2, 0.25) is 0 Å². The number of carbonyl (C=O) groups is 1. The van der Waals surface area contributed by atoms with Crippen LogP contribution >= 0.6 is 23.2 Å². The van der Waals surface area contributed by atoms with Gasteiger partial charge in [-0.25, -0.2) is 8.42 Å². The number of aromatic nitrogens is 2. The summed E-state index contributed by atoms with van der Waals surface area (Å²) in [4.78, 5) is 12.9. The summed E-state index contributed by atoms with van der Waals surface area (Å²) in [5.74, 6) is -0.306. The van der Waals surface area contributed by atoms with Crippen LogP contribution in [0.2, 0.25) is 10.0 Å². The van der Waals surface area contributed by atoms with E-state index in [2.05, 4.69) is 15.7 Å². The number of sulfone groups is 1. The Labute approximate surface area is 218 Å². The molecule has 1 aliphatic carbocycles. The average Bonchev–Trinajstić information content (AvgIpc) is 3.13. The van der Waals surface area contributed by atoms with E-state index >= 15 is 0 Å². The molecular formula is C23H29Cl2F3N4O3S.